The maximum Gasteiger partial charge on any atom is 0.409 e. The van der Waals surface area contributed by atoms with Crippen molar-refractivity contribution in [2.75, 3.05) is 19.7 Å². The van der Waals surface area contributed by atoms with Gasteiger partial charge >= 0.3 is 12.1 Å². The molecule has 2 amide bonds. The van der Waals surface area contributed by atoms with Crippen LogP contribution in [0.25, 0.3) is 0 Å². The molecule has 0 spiro atoms. The number of nitrogens with one attached hydrogen (secondary N) is 1. The maximum atomic E-state index is 12.4. The lowest BCUT2D eigenvalue weighted by Crippen LogP contribution is -2.47. The van der Waals surface area contributed by atoms with E-state index >= 15 is 0 Å². The van der Waals surface area contributed by atoms with Gasteiger partial charge in [0, 0.05) is 37.6 Å². The summed E-state index contributed by atoms with van der Waals surface area (Å²) in [6.45, 7) is 7.44. The Hall–Kier alpha value is -2.51. The molecule has 1 aromatic heterocycles. The first kappa shape index (κ1) is 19.8. The number of aromatic nitrogens is 1. The van der Waals surface area contributed by atoms with Crippen LogP contribution >= 0.6 is 0 Å². The third-order valence-electron chi connectivity index (χ3n) is 4.65. The Bertz CT molecular complexity index is 675. The number of aromatic carboxylic acids is 1. The summed E-state index contributed by atoms with van der Waals surface area (Å²) in [4.78, 5) is 37.3. The lowest BCUT2D eigenvalue weighted by molar-refractivity contribution is -0.121. The fourth-order valence-corrected chi connectivity index (χ4v) is 3.36. The zero-order valence-corrected chi connectivity index (χ0v) is 15.6. The molecular weight excluding hydrogens is 338 g/mol. The molecule has 0 saturated carbocycles. The van der Waals surface area contributed by atoms with Crippen molar-refractivity contribution in [3.8, 4) is 0 Å². The largest absolute Gasteiger partial charge is 0.478 e. The van der Waals surface area contributed by atoms with Crippen molar-refractivity contribution in [3.63, 3.8) is 0 Å². The number of piperidine rings is 1. The van der Waals surface area contributed by atoms with Crippen molar-refractivity contribution in [2.24, 2.45) is 0 Å². The Morgan fingerprint density at radius 1 is 1.27 bits per heavy atom. The SMILES string of the molecule is CCOC(=O)N1CCC(NC(=O)Cc2c(C(=O)O)c(C)cn2CC)CC1. The number of carboxylic acid groups (broad SMARTS) is 1. The highest BCUT2D eigenvalue weighted by Crippen LogP contribution is 2.19. The molecule has 0 radical (unpaired) electrons. The lowest BCUT2D eigenvalue weighted by Gasteiger charge is -2.31. The third-order valence-corrected chi connectivity index (χ3v) is 4.65. The quantitative estimate of drug-likeness (QED) is 0.800. The molecule has 8 heteroatoms. The van der Waals surface area contributed by atoms with Gasteiger partial charge in [-0.2, -0.15) is 0 Å². The zero-order valence-electron chi connectivity index (χ0n) is 15.6. The Kier molecular flexibility index (Phi) is 6.65. The van der Waals surface area contributed by atoms with Crippen LogP contribution < -0.4 is 5.32 Å². The fourth-order valence-electron chi connectivity index (χ4n) is 3.36. The minimum absolute atomic E-state index is 0.0207. The standard InChI is InChI=1S/C18H27N3O5/c1-4-20-11-12(3)16(17(23)24)14(20)10-15(22)19-13-6-8-21(9-7-13)18(25)26-5-2/h11,13H,4-10H2,1-3H3,(H,19,22)(H,23,24). The average Bonchev–Trinajstić information content (AvgIpc) is 2.91. The van der Waals surface area contributed by atoms with Crippen LogP contribution in [0.1, 0.15) is 48.3 Å². The van der Waals surface area contributed by atoms with Crippen LogP contribution in [0.5, 0.6) is 0 Å². The molecule has 0 aliphatic carbocycles. The van der Waals surface area contributed by atoms with Gasteiger partial charge in [-0.25, -0.2) is 9.59 Å². The number of hydrogen-bond donors (Lipinski definition) is 2. The molecule has 2 heterocycles. The summed E-state index contributed by atoms with van der Waals surface area (Å²) in [6, 6.07) is -0.0207. The van der Waals surface area contributed by atoms with Gasteiger partial charge in [0.25, 0.3) is 0 Å². The summed E-state index contributed by atoms with van der Waals surface area (Å²) < 4.78 is 6.79. The smallest absolute Gasteiger partial charge is 0.409 e. The van der Waals surface area contributed by atoms with Gasteiger partial charge in [-0.3, -0.25) is 4.79 Å². The van der Waals surface area contributed by atoms with E-state index in [-0.39, 0.29) is 30.0 Å². The van der Waals surface area contributed by atoms with E-state index in [4.69, 9.17) is 4.74 Å². The third kappa shape index (κ3) is 4.56. The number of aryl methyl sites for hydroxylation is 2. The molecule has 2 rings (SSSR count). The minimum atomic E-state index is -1.01. The Morgan fingerprint density at radius 2 is 1.92 bits per heavy atom. The molecule has 26 heavy (non-hydrogen) atoms. The van der Waals surface area contributed by atoms with Crippen LogP contribution in [0.2, 0.25) is 0 Å². The van der Waals surface area contributed by atoms with Gasteiger partial charge in [0.05, 0.1) is 18.6 Å². The van der Waals surface area contributed by atoms with Gasteiger partial charge in [-0.15, -0.1) is 0 Å². The van der Waals surface area contributed by atoms with Gasteiger partial charge in [0.1, 0.15) is 0 Å². The molecular formula is C18H27N3O5. The van der Waals surface area contributed by atoms with E-state index < -0.39 is 5.97 Å². The predicted octanol–water partition coefficient (Wildman–Crippen LogP) is 1.79. The summed E-state index contributed by atoms with van der Waals surface area (Å²) in [5.41, 5.74) is 1.39. The summed E-state index contributed by atoms with van der Waals surface area (Å²) in [7, 11) is 0. The monoisotopic (exact) mass is 365 g/mol. The fraction of sp³-hybridized carbons (Fsp3) is 0.611. The highest BCUT2D eigenvalue weighted by Gasteiger charge is 2.26. The van der Waals surface area contributed by atoms with Crippen LogP contribution in [0.15, 0.2) is 6.20 Å². The number of carbonyl (C=O) groups is 3. The number of amides is 2. The molecule has 2 N–H and O–H groups in total. The number of carbonyl (C=O) groups excluding carboxylic acids is 2. The van der Waals surface area contributed by atoms with Crippen molar-refractivity contribution < 1.29 is 24.2 Å². The van der Waals surface area contributed by atoms with Gasteiger partial charge < -0.3 is 24.6 Å². The van der Waals surface area contributed by atoms with Crippen LogP contribution in [0.3, 0.4) is 0 Å². The molecule has 1 aromatic rings. The Morgan fingerprint density at radius 3 is 2.46 bits per heavy atom. The van der Waals surface area contributed by atoms with E-state index in [0.717, 1.165) is 0 Å². The number of rotatable bonds is 6. The van der Waals surface area contributed by atoms with Crippen LogP contribution in [-0.4, -0.2) is 58.3 Å². The first-order chi connectivity index (χ1) is 12.4. The number of likely N-dealkylation sites (tertiary alicyclic amines) is 1. The second kappa shape index (κ2) is 8.73. The van der Waals surface area contributed by atoms with Gasteiger partial charge in [0.2, 0.25) is 5.91 Å². The molecule has 8 nitrogen and oxygen atoms in total. The van der Waals surface area contributed by atoms with Crippen LogP contribution in [0, 0.1) is 6.92 Å². The summed E-state index contributed by atoms with van der Waals surface area (Å²) >= 11 is 0. The molecule has 0 aromatic carbocycles. The first-order valence-electron chi connectivity index (χ1n) is 9.00. The topological polar surface area (TPSA) is 101 Å². The van der Waals surface area contributed by atoms with E-state index in [1.165, 1.54) is 0 Å². The maximum absolute atomic E-state index is 12.4. The highest BCUT2D eigenvalue weighted by atomic mass is 16.6. The van der Waals surface area contributed by atoms with E-state index in [2.05, 4.69) is 5.32 Å². The zero-order chi connectivity index (χ0) is 19.3. The molecule has 0 bridgehead atoms. The van der Waals surface area contributed by atoms with Crippen molar-refractivity contribution in [3.05, 3.63) is 23.0 Å². The van der Waals surface area contributed by atoms with Gasteiger partial charge in [0.15, 0.2) is 0 Å². The van der Waals surface area contributed by atoms with E-state index in [1.807, 2.05) is 11.5 Å². The Balaban J connectivity index is 1.94. The molecule has 1 aliphatic heterocycles. The molecule has 144 valence electrons. The van der Waals surface area contributed by atoms with Crippen LogP contribution in [0.4, 0.5) is 4.79 Å². The normalized spacial score (nSPS) is 15.0. The van der Waals surface area contributed by atoms with Crippen molar-refractivity contribution in [1.29, 1.82) is 0 Å². The highest BCUT2D eigenvalue weighted by molar-refractivity contribution is 5.93. The van der Waals surface area contributed by atoms with E-state index in [0.29, 0.717) is 50.3 Å². The minimum Gasteiger partial charge on any atom is -0.478 e. The van der Waals surface area contributed by atoms with Crippen LogP contribution in [-0.2, 0) is 22.5 Å². The molecule has 0 unspecified atom stereocenters. The predicted molar refractivity (Wildman–Crippen MR) is 95.3 cm³/mol. The number of carboxylic acids is 1. The molecule has 0 atom stereocenters. The molecule has 1 saturated heterocycles. The lowest BCUT2D eigenvalue weighted by atomic mass is 10.0. The van der Waals surface area contributed by atoms with Gasteiger partial charge in [-0.05, 0) is 39.2 Å². The number of nitrogens with zero attached hydrogens (tertiary/aromatic N) is 2. The Labute approximate surface area is 153 Å². The number of ether oxygens (including phenoxy) is 1. The summed E-state index contributed by atoms with van der Waals surface area (Å²) in [5.74, 6) is -1.21. The number of hydrogen-bond acceptors (Lipinski definition) is 4. The van der Waals surface area contributed by atoms with Crippen molar-refractivity contribution in [1.82, 2.24) is 14.8 Å². The van der Waals surface area contributed by atoms with Crippen molar-refractivity contribution >= 4 is 18.0 Å². The second-order valence-electron chi connectivity index (χ2n) is 6.43. The average molecular weight is 365 g/mol. The van der Waals surface area contributed by atoms with Gasteiger partial charge in [-0.1, -0.05) is 0 Å². The summed E-state index contributed by atoms with van der Waals surface area (Å²) in [6.07, 6.45) is 2.79. The summed E-state index contributed by atoms with van der Waals surface area (Å²) in [5, 5.41) is 12.4. The van der Waals surface area contributed by atoms with E-state index in [1.54, 1.807) is 24.9 Å². The molecule has 1 fully saturated rings. The second-order valence-corrected chi connectivity index (χ2v) is 6.43. The first-order valence-corrected chi connectivity index (χ1v) is 9.00. The molecule has 1 aliphatic rings. The van der Waals surface area contributed by atoms with E-state index in [9.17, 15) is 19.5 Å². The van der Waals surface area contributed by atoms with Crippen molar-refractivity contribution in [2.45, 2.75) is 52.6 Å².